The Balaban J connectivity index is 1.11. The molecule has 0 saturated carbocycles. The number of rotatable bonds is 9. The molecule has 0 spiro atoms. The third kappa shape index (κ3) is 11.4. The van der Waals surface area contributed by atoms with Crippen LogP contribution >= 0.6 is 0 Å². The fraction of sp³-hybridized carbons (Fsp3) is 0.270. The zero-order valence-corrected chi connectivity index (χ0v) is 49.9. The van der Waals surface area contributed by atoms with Crippen LogP contribution in [0, 0.1) is 0 Å². The molecule has 2 saturated heterocycles. The molecule has 3 aliphatic heterocycles. The molecule has 8 heteroatoms. The molecule has 9 aromatic rings. The van der Waals surface area contributed by atoms with Gasteiger partial charge in [0.05, 0.1) is 37.8 Å². The van der Waals surface area contributed by atoms with E-state index in [1.165, 1.54) is 44.5 Å². The van der Waals surface area contributed by atoms with E-state index >= 15 is 0 Å². The van der Waals surface area contributed by atoms with Crippen molar-refractivity contribution in [2.75, 3.05) is 31.3 Å². The molecule has 3 heterocycles. The van der Waals surface area contributed by atoms with Crippen molar-refractivity contribution in [2.45, 2.75) is 105 Å². The average Bonchev–Trinajstić information content (AvgIpc) is 4.34. The van der Waals surface area contributed by atoms with Gasteiger partial charge >= 0.3 is 14.2 Å². The van der Waals surface area contributed by atoms with Crippen molar-refractivity contribution in [2.24, 2.45) is 0 Å². The van der Waals surface area contributed by atoms with E-state index in [9.17, 15) is 0 Å². The van der Waals surface area contributed by atoms with Crippen LogP contribution in [-0.2, 0) is 40.3 Å². The Labute approximate surface area is 487 Å². The van der Waals surface area contributed by atoms with Crippen molar-refractivity contribution in [3.8, 4) is 78.3 Å². The van der Waals surface area contributed by atoms with E-state index in [1.807, 2.05) is 0 Å². The van der Waals surface area contributed by atoms with Gasteiger partial charge in [0.2, 0.25) is 0 Å². The Kier molecular flexibility index (Phi) is 14.4. The highest BCUT2D eigenvalue weighted by Gasteiger charge is 2.34. The number of hydrogen-bond donors (Lipinski definition) is 0. The maximum absolute atomic E-state index is 6.97. The fourth-order valence-corrected chi connectivity index (χ4v) is 11.5. The molecule has 0 atom stereocenters. The smallest absolute Gasteiger partial charge is 0.453 e. The minimum Gasteiger partial charge on any atom is -0.453 e. The SMILES string of the molecule is CC(C)(C)c1ccc(-c2cc(-c3ccc(C(C)(C)C)cc3)cc(-c3cc(-c4cc(-c5ccc(C(C)(C)C)cc5)cc(-c5ccc(C(C)(C)C)cc5)c4)cc(N4c5ccc(B6OCCO6)cc5Oc5cc(B6OCCO6)ccc54)c3)c2)cc1. The van der Waals surface area contributed by atoms with Crippen LogP contribution in [-0.4, -0.2) is 40.7 Å². The van der Waals surface area contributed by atoms with E-state index < -0.39 is 14.2 Å². The number of ether oxygens (including phenoxy) is 1. The van der Waals surface area contributed by atoms with Gasteiger partial charge in [-0.1, -0.05) is 192 Å². The lowest BCUT2D eigenvalue weighted by molar-refractivity contribution is 0.365. The zero-order chi connectivity index (χ0) is 57.3. The van der Waals surface area contributed by atoms with E-state index in [-0.39, 0.29) is 21.7 Å². The summed E-state index contributed by atoms with van der Waals surface area (Å²) in [5.41, 5.74) is 23.5. The van der Waals surface area contributed by atoms with Crippen LogP contribution < -0.4 is 20.6 Å². The second-order valence-electron chi connectivity index (χ2n) is 26.7. The summed E-state index contributed by atoms with van der Waals surface area (Å²) in [4.78, 5) is 2.35. The monoisotopic (exact) mass is 1080 g/mol. The lowest BCUT2D eigenvalue weighted by Crippen LogP contribution is -2.33. The van der Waals surface area contributed by atoms with Gasteiger partial charge in [-0.05, 0) is 200 Å². The van der Waals surface area contributed by atoms with Crippen molar-refractivity contribution in [1.29, 1.82) is 0 Å². The van der Waals surface area contributed by atoms with Gasteiger partial charge < -0.3 is 28.3 Å². The number of fused-ring (bicyclic) bond motifs is 2. The minimum atomic E-state index is -0.475. The first-order valence-corrected chi connectivity index (χ1v) is 29.2. The normalized spacial score (nSPS) is 14.7. The molecule has 0 aliphatic carbocycles. The van der Waals surface area contributed by atoms with E-state index in [1.54, 1.807) is 0 Å². The molecule has 3 aliphatic rings. The van der Waals surface area contributed by atoms with E-state index in [0.717, 1.165) is 72.5 Å². The fourth-order valence-electron chi connectivity index (χ4n) is 11.5. The van der Waals surface area contributed by atoms with Gasteiger partial charge in [-0.3, -0.25) is 0 Å². The molecule has 0 amide bonds. The molecule has 6 nitrogen and oxygen atoms in total. The van der Waals surface area contributed by atoms with Crippen molar-refractivity contribution >= 4 is 42.2 Å². The molecule has 0 aromatic heterocycles. The van der Waals surface area contributed by atoms with Crippen molar-refractivity contribution in [3.63, 3.8) is 0 Å². The molecule has 0 radical (unpaired) electrons. The maximum atomic E-state index is 6.97. The standard InChI is InChI=1S/C74H75B2NO5/c1-71(2,3)60-21-13-48(14-22-60)52-37-53(49-15-23-61(24-16-49)72(4,5)6)40-56(39-52)58-43-59(57-41-54(50-17-25-62(26-18-50)73(7,8)9)38-55(42-57)51-19-27-63(28-20-51)74(10,11)12)45-66(44-58)77-67-31-29-64(75-78-33-34-79-75)46-69(67)82-70-47-65(30-32-68(70)77)76-80-35-36-81-76/h13-32,37-47H,33-36H2,1-12H3. The second-order valence-corrected chi connectivity index (χ2v) is 26.7. The minimum absolute atomic E-state index is 0.0239. The number of benzene rings is 9. The van der Waals surface area contributed by atoms with Crippen LogP contribution in [0.4, 0.5) is 17.1 Å². The molecule has 0 bridgehead atoms. The van der Waals surface area contributed by atoms with Gasteiger partial charge in [0.25, 0.3) is 0 Å². The number of hydrogen-bond acceptors (Lipinski definition) is 6. The molecule has 9 aromatic carbocycles. The second kappa shape index (κ2) is 21.4. The maximum Gasteiger partial charge on any atom is 0.494 e. The summed E-state index contributed by atoms with van der Waals surface area (Å²) >= 11 is 0. The van der Waals surface area contributed by atoms with E-state index in [0.29, 0.717) is 37.9 Å². The molecule has 82 heavy (non-hydrogen) atoms. The topological polar surface area (TPSA) is 49.4 Å². The summed E-state index contributed by atoms with van der Waals surface area (Å²) in [6.45, 7) is 29.5. The van der Waals surface area contributed by atoms with Crippen molar-refractivity contribution < 1.29 is 23.4 Å². The Morgan fingerprint density at radius 1 is 0.280 bits per heavy atom. The highest BCUT2D eigenvalue weighted by molar-refractivity contribution is 6.62. The molecular formula is C74H75B2NO5. The van der Waals surface area contributed by atoms with Crippen LogP contribution in [0.3, 0.4) is 0 Å². The number of nitrogens with zero attached hydrogens (tertiary/aromatic N) is 1. The predicted octanol–water partition coefficient (Wildman–Crippen LogP) is 17.9. The van der Waals surface area contributed by atoms with Gasteiger partial charge in [0, 0.05) is 5.69 Å². The summed E-state index contributed by atoms with van der Waals surface area (Å²) in [5, 5.41) is 0. The summed E-state index contributed by atoms with van der Waals surface area (Å²) < 4.78 is 31.2. The first-order chi connectivity index (χ1) is 39.1. The third-order valence-corrected chi connectivity index (χ3v) is 16.5. The van der Waals surface area contributed by atoms with Crippen LogP contribution in [0.1, 0.15) is 105 Å². The quantitative estimate of drug-likeness (QED) is 0.134. The highest BCUT2D eigenvalue weighted by atomic mass is 16.6. The first kappa shape index (κ1) is 55.1. The Morgan fingerprint density at radius 3 is 0.780 bits per heavy atom. The van der Waals surface area contributed by atoms with E-state index in [4.69, 9.17) is 23.4 Å². The van der Waals surface area contributed by atoms with Gasteiger partial charge in [-0.15, -0.1) is 0 Å². The Bertz CT molecular complexity index is 3410. The Hall–Kier alpha value is -7.45. The van der Waals surface area contributed by atoms with E-state index in [2.05, 4.69) is 276 Å². The summed E-state index contributed by atoms with van der Waals surface area (Å²) in [6, 6.07) is 70.6. The molecule has 0 N–H and O–H groups in total. The Morgan fingerprint density at radius 2 is 0.524 bits per heavy atom. The van der Waals surface area contributed by atoms with Gasteiger partial charge in [0.15, 0.2) is 11.5 Å². The summed E-state index contributed by atoms with van der Waals surface area (Å²) in [5.74, 6) is 1.40. The van der Waals surface area contributed by atoms with Crippen LogP contribution in [0.5, 0.6) is 11.5 Å². The van der Waals surface area contributed by atoms with Crippen molar-refractivity contribution in [1.82, 2.24) is 0 Å². The largest absolute Gasteiger partial charge is 0.494 e. The van der Waals surface area contributed by atoms with Crippen LogP contribution in [0.25, 0.3) is 66.8 Å². The molecule has 12 rings (SSSR count). The zero-order valence-electron chi connectivity index (χ0n) is 49.9. The molecular weight excluding hydrogens is 1000 g/mol. The number of anilines is 3. The van der Waals surface area contributed by atoms with Crippen LogP contribution in [0.15, 0.2) is 188 Å². The predicted molar refractivity (Wildman–Crippen MR) is 343 cm³/mol. The van der Waals surface area contributed by atoms with Crippen molar-refractivity contribution in [3.05, 3.63) is 210 Å². The summed E-state index contributed by atoms with van der Waals surface area (Å²) in [7, 11) is -0.950. The average molecular weight is 1080 g/mol. The van der Waals surface area contributed by atoms with Crippen LogP contribution in [0.2, 0.25) is 0 Å². The van der Waals surface area contributed by atoms with Gasteiger partial charge in [-0.2, -0.15) is 0 Å². The molecule has 0 unspecified atom stereocenters. The highest BCUT2D eigenvalue weighted by Crippen LogP contribution is 2.52. The van der Waals surface area contributed by atoms with Gasteiger partial charge in [0.1, 0.15) is 0 Å². The molecule has 412 valence electrons. The lowest BCUT2D eigenvalue weighted by atomic mass is 9.78. The lowest BCUT2D eigenvalue weighted by Gasteiger charge is -2.34. The third-order valence-electron chi connectivity index (χ3n) is 16.5. The first-order valence-electron chi connectivity index (χ1n) is 29.2. The van der Waals surface area contributed by atoms with Gasteiger partial charge in [-0.25, -0.2) is 0 Å². The summed E-state index contributed by atoms with van der Waals surface area (Å²) in [6.07, 6.45) is 0. The molecule has 2 fully saturated rings.